The molecule has 0 aromatic carbocycles. The van der Waals surface area contributed by atoms with Gasteiger partial charge in [-0.2, -0.15) is 25.3 Å². The molecule has 1 aromatic heterocycles. The molecule has 2 heterocycles. The van der Waals surface area contributed by atoms with Crippen LogP contribution in [0.5, 0.6) is 0 Å². The molecule has 1 aliphatic heterocycles. The maximum atomic E-state index is 14.3. The Labute approximate surface area is 422 Å². The summed E-state index contributed by atoms with van der Waals surface area (Å²) < 4.78 is 0. The van der Waals surface area contributed by atoms with Crippen LogP contribution in [-0.2, 0) is 59.2 Å². The molecule has 26 nitrogen and oxygen atoms in total. The van der Waals surface area contributed by atoms with Crippen LogP contribution in [0, 0.1) is 11.8 Å². The molecule has 0 bridgehead atoms. The third-order valence-corrected chi connectivity index (χ3v) is 11.9. The van der Waals surface area contributed by atoms with E-state index in [2.05, 4.69) is 72.4 Å². The van der Waals surface area contributed by atoms with Crippen LogP contribution in [0.2, 0.25) is 0 Å². The van der Waals surface area contributed by atoms with Crippen LogP contribution in [0.15, 0.2) is 12.5 Å². The monoisotopic (exact) mass is 1040 g/mol. The maximum absolute atomic E-state index is 14.3. The average molecular weight is 1040 g/mol. The van der Waals surface area contributed by atoms with Crippen molar-refractivity contribution in [3.8, 4) is 0 Å². The van der Waals surface area contributed by atoms with E-state index < -0.39 is 126 Å². The minimum Gasteiger partial charge on any atom is -0.480 e. The van der Waals surface area contributed by atoms with Crippen molar-refractivity contribution >= 4 is 90.3 Å². The van der Waals surface area contributed by atoms with Gasteiger partial charge in [-0.25, -0.2) is 9.78 Å². The molecule has 10 atom stereocenters. The van der Waals surface area contributed by atoms with Crippen molar-refractivity contribution in [1.29, 1.82) is 0 Å². The summed E-state index contributed by atoms with van der Waals surface area (Å²) in [5.74, 6) is -10.7. The first-order valence-corrected chi connectivity index (χ1v) is 24.4. The summed E-state index contributed by atoms with van der Waals surface area (Å²) >= 11 is 7.95. The van der Waals surface area contributed by atoms with E-state index in [1.54, 1.807) is 27.7 Å². The molecule has 0 spiro atoms. The fourth-order valence-electron chi connectivity index (χ4n) is 7.39. The van der Waals surface area contributed by atoms with Crippen LogP contribution in [0.25, 0.3) is 0 Å². The molecule has 0 aliphatic carbocycles. The van der Waals surface area contributed by atoms with Gasteiger partial charge in [0.1, 0.15) is 48.3 Å². The van der Waals surface area contributed by atoms with Crippen LogP contribution in [0.1, 0.15) is 91.7 Å². The maximum Gasteiger partial charge on any atom is 0.327 e. The van der Waals surface area contributed by atoms with Gasteiger partial charge >= 0.3 is 5.97 Å². The Morgan fingerprint density at radius 1 is 0.690 bits per heavy atom. The number of carbonyl (C=O) groups is 11. The quantitative estimate of drug-likeness (QED) is 0.0313. The Morgan fingerprint density at radius 2 is 1.18 bits per heavy atom. The number of aliphatic hydroxyl groups is 1. The molecule has 398 valence electrons. The number of H-pyrrole nitrogens is 1. The van der Waals surface area contributed by atoms with E-state index in [-0.39, 0.29) is 81.3 Å². The molecule has 0 unspecified atom stereocenters. The molecule has 1 fully saturated rings. The number of nitrogens with two attached hydrogens (primary N) is 3. The molecule has 1 saturated heterocycles. The minimum absolute atomic E-state index is 0.00681. The zero-order valence-corrected chi connectivity index (χ0v) is 42.3. The van der Waals surface area contributed by atoms with Crippen molar-refractivity contribution in [2.45, 2.75) is 153 Å². The van der Waals surface area contributed by atoms with Crippen molar-refractivity contribution in [2.24, 2.45) is 29.0 Å². The molecule has 28 heteroatoms. The molecule has 0 radical (unpaired) electrons. The fraction of sp³-hybridized carbons (Fsp3) is 0.674. The van der Waals surface area contributed by atoms with Gasteiger partial charge in [0.15, 0.2) is 0 Å². The summed E-state index contributed by atoms with van der Waals surface area (Å²) in [7, 11) is 0. The third-order valence-electron chi connectivity index (χ3n) is 11.1. The van der Waals surface area contributed by atoms with E-state index in [4.69, 9.17) is 17.2 Å². The van der Waals surface area contributed by atoms with Crippen molar-refractivity contribution in [3.63, 3.8) is 0 Å². The predicted molar refractivity (Wildman–Crippen MR) is 261 cm³/mol. The topological polar surface area (TPSA) is 422 Å². The average Bonchev–Trinajstić information content (AvgIpc) is 4.01. The lowest BCUT2D eigenvalue weighted by Crippen LogP contribution is -2.62. The van der Waals surface area contributed by atoms with Crippen LogP contribution >= 0.6 is 25.3 Å². The fourth-order valence-corrected chi connectivity index (χ4v) is 7.80. The number of aromatic nitrogens is 2. The Balaban J connectivity index is 2.36. The highest BCUT2D eigenvalue weighted by atomic mass is 32.1. The lowest BCUT2D eigenvalue weighted by molar-refractivity contribution is -0.143. The van der Waals surface area contributed by atoms with Crippen molar-refractivity contribution in [2.75, 3.05) is 18.1 Å². The number of carbonyl (C=O) groups excluding carboxylic acids is 10. The Bertz CT molecular complexity index is 2030. The number of hydrogen-bond donors (Lipinski definition) is 15. The van der Waals surface area contributed by atoms with Gasteiger partial charge in [0.2, 0.25) is 59.1 Å². The zero-order chi connectivity index (χ0) is 53.7. The van der Waals surface area contributed by atoms with E-state index in [9.17, 15) is 63.0 Å². The van der Waals surface area contributed by atoms with E-state index in [0.717, 1.165) is 0 Å². The summed E-state index contributed by atoms with van der Waals surface area (Å²) in [6.07, 6.45) is 0.142. The van der Waals surface area contributed by atoms with Gasteiger partial charge in [0, 0.05) is 49.2 Å². The minimum atomic E-state index is -1.70. The third kappa shape index (κ3) is 20.7. The molecule has 0 saturated carbocycles. The van der Waals surface area contributed by atoms with E-state index >= 15 is 0 Å². The van der Waals surface area contributed by atoms with Gasteiger partial charge < -0.3 is 74.5 Å². The number of aromatic amines is 1. The summed E-state index contributed by atoms with van der Waals surface area (Å²) in [5.41, 5.74) is 16.9. The van der Waals surface area contributed by atoms with Gasteiger partial charge in [-0.3, -0.25) is 47.9 Å². The number of likely N-dealkylation sites (tertiary alicyclic amines) is 1. The number of nitrogens with zero attached hydrogens (tertiary/aromatic N) is 2. The molecule has 1 aliphatic rings. The van der Waals surface area contributed by atoms with Crippen LogP contribution in [0.3, 0.4) is 0 Å². The number of aliphatic carboxylic acids is 1. The Hall–Kier alpha value is -6.00. The number of aliphatic hydroxyl groups excluding tert-OH is 1. The number of hydrogen-bond acceptors (Lipinski definition) is 16. The number of amides is 10. The highest BCUT2D eigenvalue weighted by Crippen LogP contribution is 2.21. The Kier molecular flexibility index (Phi) is 25.8. The summed E-state index contributed by atoms with van der Waals surface area (Å²) in [6, 6.07) is -12.3. The van der Waals surface area contributed by atoms with Gasteiger partial charge in [0.25, 0.3) is 0 Å². The molecule has 16 N–H and O–H groups in total. The van der Waals surface area contributed by atoms with Crippen molar-refractivity contribution in [3.05, 3.63) is 18.2 Å². The standard InChI is InChI=1S/C43H71N13O13S2/c1-20(2)13-27(51-36(61)25(8-10-32(45)58)49-35(60)24(44)17-70)37(62)50-26(9-11-33(46)59)42(67)56-12-6-7-31(56)40(65)52-28(14-21(3)4)39(64)55-34(22(5)57)41(66)53-29(15-23-16-47-19-48-23)38(63)54-30(18-71)43(68)69/h16,19-22,24-31,34,57,70-71H,6-15,17-18,44H2,1-5H3,(H2,45,58)(H2,46,59)(H,47,48)(H,49,60)(H,50,62)(H,51,61)(H,52,65)(H,53,66)(H,54,63)(H,55,64)(H,68,69)/t22-,24+,25+,26+,27+,28+,29+,30+,31+,34+/m1/s1. The van der Waals surface area contributed by atoms with Gasteiger partial charge in [-0.05, 0) is 57.3 Å². The molecule has 71 heavy (non-hydrogen) atoms. The molecular weight excluding hydrogens is 971 g/mol. The van der Waals surface area contributed by atoms with E-state index in [1.807, 2.05) is 0 Å². The molecule has 10 amide bonds. The van der Waals surface area contributed by atoms with Gasteiger partial charge in [0.05, 0.1) is 18.5 Å². The lowest BCUT2D eigenvalue weighted by Gasteiger charge is -2.31. The first kappa shape index (κ1) is 61.1. The number of carboxylic acids is 1. The van der Waals surface area contributed by atoms with Gasteiger partial charge in [-0.15, -0.1) is 0 Å². The van der Waals surface area contributed by atoms with E-state index in [0.29, 0.717) is 12.1 Å². The Morgan fingerprint density at radius 3 is 1.69 bits per heavy atom. The first-order valence-electron chi connectivity index (χ1n) is 23.1. The number of rotatable bonds is 31. The summed E-state index contributed by atoms with van der Waals surface area (Å²) in [6.45, 7) is 8.23. The number of thiol groups is 2. The zero-order valence-electron chi connectivity index (χ0n) is 40.5. The second-order valence-corrected chi connectivity index (χ2v) is 18.9. The number of nitrogens with one attached hydrogen (secondary N) is 8. The molecule has 1 aromatic rings. The smallest absolute Gasteiger partial charge is 0.327 e. The van der Waals surface area contributed by atoms with Gasteiger partial charge in [-0.1, -0.05) is 27.7 Å². The SMILES string of the molecule is CC(C)C[C@H](NC(=O)[C@H](CCC(N)=O)NC(=O)[C@@H](N)CS)C(=O)N[C@@H](CCC(N)=O)C(=O)N1CCC[C@H]1C(=O)N[C@@H](CC(C)C)C(=O)N[C@H](C(=O)N[C@@H](Cc1cnc[nH]1)C(=O)N[C@@H](CS)C(=O)O)[C@@H](C)O. The van der Waals surface area contributed by atoms with Crippen LogP contribution in [-0.4, -0.2) is 169 Å². The molecular formula is C43H71N13O13S2. The van der Waals surface area contributed by atoms with Crippen LogP contribution < -0.4 is 54.4 Å². The largest absolute Gasteiger partial charge is 0.480 e. The number of carboxylic acid groups (broad SMARTS) is 1. The number of imidazole rings is 1. The van der Waals surface area contributed by atoms with E-state index in [1.165, 1.54) is 24.3 Å². The summed E-state index contributed by atoms with van der Waals surface area (Å²) in [4.78, 5) is 153. The predicted octanol–water partition coefficient (Wildman–Crippen LogP) is -4.39. The van der Waals surface area contributed by atoms with Crippen molar-refractivity contribution in [1.82, 2.24) is 52.1 Å². The summed E-state index contributed by atoms with van der Waals surface area (Å²) in [5, 5.41) is 37.6. The lowest BCUT2D eigenvalue weighted by atomic mass is 10.0. The molecule has 2 rings (SSSR count). The highest BCUT2D eigenvalue weighted by Gasteiger charge is 2.41. The highest BCUT2D eigenvalue weighted by molar-refractivity contribution is 7.80. The second kappa shape index (κ2) is 30.0. The number of primary amides is 2. The normalized spacial score (nSPS) is 17.2. The van der Waals surface area contributed by atoms with Crippen molar-refractivity contribution < 1.29 is 63.0 Å². The second-order valence-electron chi connectivity index (χ2n) is 18.1. The first-order chi connectivity index (χ1) is 33.3. The van der Waals surface area contributed by atoms with Crippen LogP contribution in [0.4, 0.5) is 0 Å².